The van der Waals surface area contributed by atoms with Gasteiger partial charge in [0.15, 0.2) is 0 Å². The number of halogens is 2. The molecule has 8 heteroatoms. The van der Waals surface area contributed by atoms with Crippen molar-refractivity contribution in [3.63, 3.8) is 0 Å². The van der Waals surface area contributed by atoms with Crippen molar-refractivity contribution in [3.8, 4) is 0 Å². The summed E-state index contributed by atoms with van der Waals surface area (Å²) in [5.41, 5.74) is 1.18. The maximum absolute atomic E-state index is 14.6. The van der Waals surface area contributed by atoms with Crippen LogP contribution >= 0.6 is 23.2 Å². The van der Waals surface area contributed by atoms with Crippen LogP contribution in [0.1, 0.15) is 115 Å². The molecule has 2 aromatic carbocycles. The molecule has 2 aromatic rings. The molecule has 43 heavy (non-hydrogen) atoms. The van der Waals surface area contributed by atoms with Crippen molar-refractivity contribution in [2.24, 2.45) is 21.7 Å². The molecule has 1 amide bonds. The van der Waals surface area contributed by atoms with E-state index in [0.29, 0.717) is 39.7 Å². The predicted octanol–water partition coefficient (Wildman–Crippen LogP) is 8.87. The smallest absolute Gasteiger partial charge is 0.338 e. The predicted molar refractivity (Wildman–Crippen MR) is 173 cm³/mol. The average molecular weight is 628 g/mol. The van der Waals surface area contributed by atoms with Gasteiger partial charge in [-0.25, -0.2) is 4.79 Å². The van der Waals surface area contributed by atoms with Crippen LogP contribution in [0.4, 0.5) is 0 Å². The highest BCUT2D eigenvalue weighted by molar-refractivity contribution is 6.47. The number of aldehydes is 1. The normalized spacial score (nSPS) is 21.7. The summed E-state index contributed by atoms with van der Waals surface area (Å²) in [5, 5.41) is 0.880. The van der Waals surface area contributed by atoms with Gasteiger partial charge in [-0.3, -0.25) is 9.79 Å². The Morgan fingerprint density at radius 1 is 1.05 bits per heavy atom. The van der Waals surface area contributed by atoms with Crippen molar-refractivity contribution in [1.29, 1.82) is 0 Å². The molecule has 1 heterocycles. The average Bonchev–Trinajstić information content (AvgIpc) is 3.19. The standard InChI is InChI=1S/C35H44Cl2N2O4/c1-22(2)43-32(42)24-10-8-23(9-11-24)29(14-15-33(3,4)5)39-31(41)30(25-18-27(36)20-28(37)19-25)38-35(39)16-12-26(13-17-35)34(6,7)21-40/h8-11,18-22,26,29H,12-17H2,1-7H3/t26?,29-,35?/m1/s1. The number of hydrogen-bond donors (Lipinski definition) is 0. The van der Waals surface area contributed by atoms with Gasteiger partial charge in [-0.05, 0) is 99.6 Å². The highest BCUT2D eigenvalue weighted by Crippen LogP contribution is 2.50. The molecule has 232 valence electrons. The fourth-order valence-electron chi connectivity index (χ4n) is 6.33. The summed E-state index contributed by atoms with van der Waals surface area (Å²) in [7, 11) is 0. The highest BCUT2D eigenvalue weighted by atomic mass is 35.5. The Kier molecular flexibility index (Phi) is 9.83. The lowest BCUT2D eigenvalue weighted by Gasteiger charge is -2.47. The van der Waals surface area contributed by atoms with Crippen LogP contribution in [0.2, 0.25) is 10.0 Å². The number of benzene rings is 2. The minimum Gasteiger partial charge on any atom is -0.459 e. The van der Waals surface area contributed by atoms with Crippen LogP contribution in [0, 0.1) is 16.7 Å². The van der Waals surface area contributed by atoms with E-state index in [-0.39, 0.29) is 35.4 Å². The van der Waals surface area contributed by atoms with Crippen molar-refractivity contribution in [2.75, 3.05) is 0 Å². The molecular formula is C35H44Cl2N2O4. The number of hydrogen-bond acceptors (Lipinski definition) is 5. The molecule has 0 radical (unpaired) electrons. The maximum atomic E-state index is 14.6. The van der Waals surface area contributed by atoms with E-state index in [0.717, 1.165) is 37.5 Å². The summed E-state index contributed by atoms with van der Waals surface area (Å²) < 4.78 is 5.40. The Hall–Kier alpha value is -2.70. The summed E-state index contributed by atoms with van der Waals surface area (Å²) in [6.45, 7) is 14.2. The summed E-state index contributed by atoms with van der Waals surface area (Å²) >= 11 is 12.7. The Balaban J connectivity index is 1.80. The van der Waals surface area contributed by atoms with Gasteiger partial charge in [0, 0.05) is 21.0 Å². The summed E-state index contributed by atoms with van der Waals surface area (Å²) in [6.07, 6.45) is 5.25. The van der Waals surface area contributed by atoms with Gasteiger partial charge in [-0.1, -0.05) is 70.0 Å². The first kappa shape index (κ1) is 33.2. The van der Waals surface area contributed by atoms with Gasteiger partial charge in [0.05, 0.1) is 17.7 Å². The quantitative estimate of drug-likeness (QED) is 0.206. The molecule has 0 aromatic heterocycles. The number of carbonyl (C=O) groups excluding carboxylic acids is 3. The van der Waals surface area contributed by atoms with Crippen molar-refractivity contribution < 1.29 is 19.1 Å². The lowest BCUT2D eigenvalue weighted by atomic mass is 9.69. The Morgan fingerprint density at radius 2 is 1.63 bits per heavy atom. The lowest BCUT2D eigenvalue weighted by Crippen LogP contribution is -2.51. The Labute approximate surface area is 266 Å². The summed E-state index contributed by atoms with van der Waals surface area (Å²) in [6, 6.07) is 12.3. The third-order valence-electron chi connectivity index (χ3n) is 8.82. The van der Waals surface area contributed by atoms with Crippen LogP contribution < -0.4 is 0 Å². The zero-order chi connectivity index (χ0) is 31.7. The number of aliphatic imine (C=N–C) groups is 1. The van der Waals surface area contributed by atoms with E-state index in [1.807, 2.05) is 44.7 Å². The number of carbonyl (C=O) groups is 3. The number of nitrogens with zero attached hydrogens (tertiary/aromatic N) is 2. The van der Waals surface area contributed by atoms with Gasteiger partial charge in [0.25, 0.3) is 5.91 Å². The third-order valence-corrected chi connectivity index (χ3v) is 9.26. The zero-order valence-electron chi connectivity index (χ0n) is 26.4. The van der Waals surface area contributed by atoms with E-state index < -0.39 is 11.1 Å². The molecule has 4 rings (SSSR count). The molecule has 1 atom stereocenters. The van der Waals surface area contributed by atoms with Crippen LogP contribution in [0.3, 0.4) is 0 Å². The van der Waals surface area contributed by atoms with Crippen molar-refractivity contribution in [3.05, 3.63) is 69.2 Å². The van der Waals surface area contributed by atoms with Crippen molar-refractivity contribution in [2.45, 2.75) is 105 Å². The molecule has 1 aliphatic carbocycles. The van der Waals surface area contributed by atoms with E-state index in [2.05, 4.69) is 20.8 Å². The van der Waals surface area contributed by atoms with E-state index in [1.54, 1.807) is 30.3 Å². The topological polar surface area (TPSA) is 76.0 Å². The van der Waals surface area contributed by atoms with Crippen LogP contribution in [0.5, 0.6) is 0 Å². The third kappa shape index (κ3) is 7.51. The highest BCUT2D eigenvalue weighted by Gasteiger charge is 2.53. The van der Waals surface area contributed by atoms with Gasteiger partial charge in [-0.15, -0.1) is 0 Å². The van der Waals surface area contributed by atoms with Gasteiger partial charge in [0.1, 0.15) is 17.7 Å². The number of ether oxygens (including phenoxy) is 1. The van der Waals surface area contributed by atoms with E-state index in [4.69, 9.17) is 32.9 Å². The minimum atomic E-state index is -0.769. The number of esters is 1. The second-order valence-electron chi connectivity index (χ2n) is 14.2. The van der Waals surface area contributed by atoms with Crippen molar-refractivity contribution in [1.82, 2.24) is 4.90 Å². The second-order valence-corrected chi connectivity index (χ2v) is 15.1. The molecule has 0 N–H and O–H groups in total. The Morgan fingerprint density at radius 3 is 2.14 bits per heavy atom. The molecule has 2 aliphatic rings. The zero-order valence-corrected chi connectivity index (χ0v) is 27.9. The summed E-state index contributed by atoms with van der Waals surface area (Å²) in [4.78, 5) is 46.2. The Bertz CT molecular complexity index is 1360. The van der Waals surface area contributed by atoms with E-state index in [9.17, 15) is 14.4 Å². The minimum absolute atomic E-state index is 0.0327. The molecule has 1 saturated carbocycles. The number of amides is 1. The van der Waals surface area contributed by atoms with Crippen LogP contribution in [0.15, 0.2) is 47.5 Å². The van der Waals surface area contributed by atoms with Crippen LogP contribution in [0.25, 0.3) is 0 Å². The van der Waals surface area contributed by atoms with Crippen LogP contribution in [-0.4, -0.2) is 40.5 Å². The molecule has 6 nitrogen and oxygen atoms in total. The molecule has 1 aliphatic heterocycles. The second kappa shape index (κ2) is 12.7. The van der Waals surface area contributed by atoms with Gasteiger partial charge in [-0.2, -0.15) is 0 Å². The van der Waals surface area contributed by atoms with Gasteiger partial charge in [0.2, 0.25) is 0 Å². The molecule has 1 fully saturated rings. The maximum Gasteiger partial charge on any atom is 0.338 e. The molecule has 0 bridgehead atoms. The first-order chi connectivity index (χ1) is 20.0. The first-order valence-corrected chi connectivity index (χ1v) is 16.0. The largest absolute Gasteiger partial charge is 0.459 e. The first-order valence-electron chi connectivity index (χ1n) is 15.2. The fourth-order valence-corrected chi connectivity index (χ4v) is 6.86. The summed E-state index contributed by atoms with van der Waals surface area (Å²) in [5.74, 6) is -0.332. The fraction of sp³-hybridized carbons (Fsp3) is 0.543. The van der Waals surface area contributed by atoms with Crippen LogP contribution in [-0.2, 0) is 14.3 Å². The van der Waals surface area contributed by atoms with Gasteiger partial charge < -0.3 is 14.4 Å². The van der Waals surface area contributed by atoms with E-state index >= 15 is 0 Å². The van der Waals surface area contributed by atoms with Crippen molar-refractivity contribution >= 4 is 47.1 Å². The molecular weight excluding hydrogens is 583 g/mol. The molecule has 0 saturated heterocycles. The van der Waals surface area contributed by atoms with E-state index in [1.165, 1.54) is 0 Å². The number of rotatable bonds is 9. The lowest BCUT2D eigenvalue weighted by molar-refractivity contribution is -0.135. The monoisotopic (exact) mass is 626 g/mol. The van der Waals surface area contributed by atoms with Gasteiger partial charge >= 0.3 is 5.97 Å². The molecule has 0 unspecified atom stereocenters. The molecule has 1 spiro atoms. The SMILES string of the molecule is CC(C)OC(=O)c1ccc([C@@H](CCC(C)(C)C)N2C(=O)C(c3cc(Cl)cc(Cl)c3)=NC23CCC(C(C)(C)C=O)CC3)cc1.